The quantitative estimate of drug-likeness (QED) is 0.892. The average Bonchev–Trinajstić information content (AvgIpc) is 2.80. The Morgan fingerprint density at radius 2 is 1.95 bits per heavy atom. The molecule has 2 aromatic rings. The molecule has 3 nitrogen and oxygen atoms in total. The van der Waals surface area contributed by atoms with Gasteiger partial charge in [-0.3, -0.25) is 0 Å². The molecule has 0 radical (unpaired) electrons. The van der Waals surface area contributed by atoms with Crippen LogP contribution in [0.4, 0.5) is 10.3 Å². The van der Waals surface area contributed by atoms with Gasteiger partial charge < -0.3 is 9.88 Å². The molecule has 0 saturated heterocycles. The predicted octanol–water partition coefficient (Wildman–Crippen LogP) is 3.51. The first kappa shape index (κ1) is 13.6. The summed E-state index contributed by atoms with van der Waals surface area (Å²) in [7, 11) is 0. The minimum absolute atomic E-state index is 0.112. The second kappa shape index (κ2) is 5.87. The minimum atomic E-state index is -0.112. The van der Waals surface area contributed by atoms with Crippen molar-refractivity contribution in [1.29, 1.82) is 0 Å². The molecule has 0 unspecified atom stereocenters. The lowest BCUT2D eigenvalue weighted by Crippen LogP contribution is -2.09. The minimum Gasteiger partial charge on any atom is -0.356 e. The number of rotatable bonds is 5. The molecular weight excluding hydrogens is 241 g/mol. The van der Waals surface area contributed by atoms with Gasteiger partial charge in [-0.1, -0.05) is 19.1 Å². The molecule has 0 saturated carbocycles. The fourth-order valence-corrected chi connectivity index (χ4v) is 2.16. The number of aromatic nitrogens is 2. The Balaban J connectivity index is 2.19. The zero-order valence-electron chi connectivity index (χ0n) is 11.7. The van der Waals surface area contributed by atoms with Crippen LogP contribution in [0.3, 0.4) is 0 Å². The van der Waals surface area contributed by atoms with E-state index < -0.39 is 0 Å². The Hall–Kier alpha value is -1.84. The van der Waals surface area contributed by atoms with Crippen LogP contribution in [0.2, 0.25) is 0 Å². The van der Waals surface area contributed by atoms with Crippen molar-refractivity contribution in [3.8, 4) is 0 Å². The van der Waals surface area contributed by atoms with Gasteiger partial charge in [0.1, 0.15) is 5.82 Å². The van der Waals surface area contributed by atoms with Crippen molar-refractivity contribution in [1.82, 2.24) is 9.55 Å². The van der Waals surface area contributed by atoms with E-state index in [0.29, 0.717) is 17.7 Å². The van der Waals surface area contributed by atoms with E-state index in [1.807, 2.05) is 22.9 Å². The Kier molecular flexibility index (Phi) is 4.20. The summed E-state index contributed by atoms with van der Waals surface area (Å²) in [5.41, 5.74) is 2.48. The monoisotopic (exact) mass is 261 g/mol. The molecule has 0 fully saturated rings. The van der Waals surface area contributed by atoms with Gasteiger partial charge in [0.2, 0.25) is 5.95 Å². The highest BCUT2D eigenvalue weighted by Crippen LogP contribution is 2.17. The van der Waals surface area contributed by atoms with Gasteiger partial charge in [0.05, 0.1) is 6.54 Å². The van der Waals surface area contributed by atoms with Gasteiger partial charge in [-0.05, 0) is 37.0 Å². The summed E-state index contributed by atoms with van der Waals surface area (Å²) in [6.07, 6.45) is 4.77. The van der Waals surface area contributed by atoms with Crippen molar-refractivity contribution in [3.63, 3.8) is 0 Å². The van der Waals surface area contributed by atoms with E-state index in [1.165, 1.54) is 0 Å². The van der Waals surface area contributed by atoms with Crippen LogP contribution in [0.1, 0.15) is 30.0 Å². The van der Waals surface area contributed by atoms with Crippen LogP contribution in [0.15, 0.2) is 24.5 Å². The van der Waals surface area contributed by atoms with Gasteiger partial charge in [0.15, 0.2) is 0 Å². The van der Waals surface area contributed by atoms with E-state index >= 15 is 0 Å². The zero-order chi connectivity index (χ0) is 13.8. The summed E-state index contributed by atoms with van der Waals surface area (Å²) in [4.78, 5) is 4.29. The summed E-state index contributed by atoms with van der Waals surface area (Å²) < 4.78 is 15.6. The van der Waals surface area contributed by atoms with Crippen molar-refractivity contribution >= 4 is 5.95 Å². The van der Waals surface area contributed by atoms with Gasteiger partial charge in [-0.2, -0.15) is 0 Å². The van der Waals surface area contributed by atoms with Gasteiger partial charge in [0.25, 0.3) is 0 Å². The number of hydrogen-bond acceptors (Lipinski definition) is 2. The number of imidazole rings is 1. The molecule has 0 bridgehead atoms. The normalized spacial score (nSPS) is 10.7. The molecule has 4 heteroatoms. The Morgan fingerprint density at radius 1 is 1.26 bits per heavy atom. The maximum Gasteiger partial charge on any atom is 0.203 e. The molecular formula is C15H20FN3. The van der Waals surface area contributed by atoms with E-state index in [-0.39, 0.29) is 5.82 Å². The molecule has 1 aromatic heterocycles. The lowest BCUT2D eigenvalue weighted by atomic mass is 10.1. The zero-order valence-corrected chi connectivity index (χ0v) is 11.7. The molecule has 0 atom stereocenters. The van der Waals surface area contributed by atoms with Crippen molar-refractivity contribution in [2.24, 2.45) is 0 Å². The molecule has 0 aliphatic heterocycles. The number of nitrogens with zero attached hydrogens (tertiary/aromatic N) is 2. The van der Waals surface area contributed by atoms with Crippen LogP contribution in [0.25, 0.3) is 0 Å². The maximum absolute atomic E-state index is 13.6. The van der Waals surface area contributed by atoms with Crippen molar-refractivity contribution < 1.29 is 4.39 Å². The van der Waals surface area contributed by atoms with Crippen molar-refractivity contribution in [3.05, 3.63) is 47.0 Å². The summed E-state index contributed by atoms with van der Waals surface area (Å²) in [5.74, 6) is 0.750. The van der Waals surface area contributed by atoms with E-state index in [2.05, 4.69) is 17.2 Å². The van der Waals surface area contributed by atoms with Gasteiger partial charge in [-0.15, -0.1) is 0 Å². The van der Waals surface area contributed by atoms with E-state index in [0.717, 1.165) is 24.5 Å². The molecule has 19 heavy (non-hydrogen) atoms. The van der Waals surface area contributed by atoms with Crippen LogP contribution in [-0.2, 0) is 6.54 Å². The summed E-state index contributed by atoms with van der Waals surface area (Å²) in [6, 6.07) is 3.79. The van der Waals surface area contributed by atoms with E-state index in [9.17, 15) is 4.39 Å². The Labute approximate surface area is 113 Å². The van der Waals surface area contributed by atoms with Gasteiger partial charge in [-0.25, -0.2) is 9.37 Å². The molecule has 2 rings (SSSR count). The van der Waals surface area contributed by atoms with E-state index in [1.54, 1.807) is 20.0 Å². The summed E-state index contributed by atoms with van der Waals surface area (Å²) in [5, 5.41) is 3.28. The van der Waals surface area contributed by atoms with Crippen LogP contribution >= 0.6 is 0 Å². The molecule has 102 valence electrons. The topological polar surface area (TPSA) is 29.9 Å². The highest BCUT2D eigenvalue weighted by Gasteiger charge is 2.07. The Morgan fingerprint density at radius 3 is 2.58 bits per heavy atom. The summed E-state index contributed by atoms with van der Waals surface area (Å²) in [6.45, 7) is 7.32. The van der Waals surface area contributed by atoms with Crippen LogP contribution in [0.5, 0.6) is 0 Å². The molecule has 0 aliphatic carbocycles. The third kappa shape index (κ3) is 3.13. The first-order chi connectivity index (χ1) is 9.11. The van der Waals surface area contributed by atoms with E-state index in [4.69, 9.17) is 0 Å². The molecule has 0 aliphatic rings. The molecule has 0 spiro atoms. The third-order valence-electron chi connectivity index (χ3n) is 3.10. The lowest BCUT2D eigenvalue weighted by molar-refractivity contribution is 0.607. The first-order valence-corrected chi connectivity index (χ1v) is 6.62. The highest BCUT2D eigenvalue weighted by atomic mass is 19.1. The second-order valence-electron chi connectivity index (χ2n) is 4.85. The standard InChI is InChI=1S/C15H20FN3/c1-4-5-17-15-18-6-7-19(15)10-13-8-11(2)14(16)12(3)9-13/h6-9H,4-5,10H2,1-3H3,(H,17,18). The average molecular weight is 261 g/mol. The number of benzene rings is 1. The highest BCUT2D eigenvalue weighted by molar-refractivity contribution is 5.33. The van der Waals surface area contributed by atoms with Crippen LogP contribution in [0, 0.1) is 19.7 Å². The first-order valence-electron chi connectivity index (χ1n) is 6.62. The van der Waals surface area contributed by atoms with Crippen molar-refractivity contribution in [2.75, 3.05) is 11.9 Å². The second-order valence-corrected chi connectivity index (χ2v) is 4.85. The third-order valence-corrected chi connectivity index (χ3v) is 3.10. The largest absolute Gasteiger partial charge is 0.356 e. The summed E-state index contributed by atoms with van der Waals surface area (Å²) >= 11 is 0. The number of nitrogens with one attached hydrogen (secondary N) is 1. The lowest BCUT2D eigenvalue weighted by Gasteiger charge is -2.11. The smallest absolute Gasteiger partial charge is 0.203 e. The Bertz CT molecular complexity index is 537. The maximum atomic E-state index is 13.6. The molecule has 0 amide bonds. The molecule has 1 heterocycles. The number of aryl methyl sites for hydroxylation is 2. The van der Waals surface area contributed by atoms with Gasteiger partial charge in [0, 0.05) is 18.9 Å². The molecule has 1 aromatic carbocycles. The fraction of sp³-hybridized carbons (Fsp3) is 0.400. The molecule has 1 N–H and O–H groups in total. The predicted molar refractivity (Wildman–Crippen MR) is 76.0 cm³/mol. The fourth-order valence-electron chi connectivity index (χ4n) is 2.16. The number of hydrogen-bond donors (Lipinski definition) is 1. The van der Waals surface area contributed by atoms with Gasteiger partial charge >= 0.3 is 0 Å². The number of anilines is 1. The van der Waals surface area contributed by atoms with Crippen LogP contribution in [-0.4, -0.2) is 16.1 Å². The van der Waals surface area contributed by atoms with Crippen LogP contribution < -0.4 is 5.32 Å². The SMILES string of the molecule is CCCNc1nccn1Cc1cc(C)c(F)c(C)c1. The number of halogens is 1. The van der Waals surface area contributed by atoms with Crippen molar-refractivity contribution in [2.45, 2.75) is 33.7 Å².